The summed E-state index contributed by atoms with van der Waals surface area (Å²) in [4.78, 5) is 13.4. The molecule has 0 aliphatic rings. The van der Waals surface area contributed by atoms with Crippen molar-refractivity contribution in [2.75, 3.05) is 26.2 Å². The van der Waals surface area contributed by atoms with E-state index >= 15 is 0 Å². The summed E-state index contributed by atoms with van der Waals surface area (Å²) in [7, 11) is 0. The summed E-state index contributed by atoms with van der Waals surface area (Å²) in [5, 5.41) is 8.77. The number of aliphatic hydroxyl groups is 1. The molecule has 0 aliphatic carbocycles. The Kier molecular flexibility index (Phi) is 5.18. The fraction of sp³-hybridized carbons (Fsp3) is 0.417. The largest absolute Gasteiger partial charge is 0.395 e. The molecule has 0 heterocycles. The molecule has 1 rings (SSSR count). The summed E-state index contributed by atoms with van der Waals surface area (Å²) in [6, 6.07) is 2.88. The highest BCUT2D eigenvalue weighted by Crippen LogP contribution is 2.10. The molecule has 0 aliphatic heterocycles. The van der Waals surface area contributed by atoms with E-state index in [1.807, 2.05) is 6.92 Å². The number of carbonyl (C=O) groups excluding carboxylic acids is 1. The van der Waals surface area contributed by atoms with Crippen molar-refractivity contribution in [3.8, 4) is 0 Å². The van der Waals surface area contributed by atoms with Gasteiger partial charge in [0.2, 0.25) is 0 Å². The molecule has 94 valence electrons. The number of hydrogen-bond donors (Lipinski definition) is 1. The highest BCUT2D eigenvalue weighted by molar-refractivity contribution is 5.97. The molecule has 0 spiro atoms. The van der Waals surface area contributed by atoms with E-state index in [0.717, 1.165) is 12.1 Å². The summed E-state index contributed by atoms with van der Waals surface area (Å²) in [6.45, 7) is 2.72. The second-order valence-electron chi connectivity index (χ2n) is 3.64. The first kappa shape index (κ1) is 13.7. The third kappa shape index (κ3) is 3.87. The monoisotopic (exact) mass is 243 g/mol. The predicted octanol–water partition coefficient (Wildman–Crippen LogP) is 1.46. The zero-order valence-electron chi connectivity index (χ0n) is 9.62. The highest BCUT2D eigenvalue weighted by atomic mass is 19.1. The van der Waals surface area contributed by atoms with Crippen LogP contribution < -0.4 is 0 Å². The number of hydrogen-bond acceptors (Lipinski definition) is 3. The van der Waals surface area contributed by atoms with Crippen molar-refractivity contribution in [2.24, 2.45) is 0 Å². The first-order valence-corrected chi connectivity index (χ1v) is 5.40. The first-order chi connectivity index (χ1) is 8.08. The average Bonchev–Trinajstić information content (AvgIpc) is 2.28. The van der Waals surface area contributed by atoms with Crippen LogP contribution in [0.2, 0.25) is 0 Å². The number of likely N-dealkylation sites (N-methyl/N-ethyl adjacent to an activating group) is 1. The van der Waals surface area contributed by atoms with Gasteiger partial charge in [0.25, 0.3) is 0 Å². The predicted molar refractivity (Wildman–Crippen MR) is 59.9 cm³/mol. The van der Waals surface area contributed by atoms with E-state index in [0.29, 0.717) is 19.2 Å². The SMILES string of the molecule is CCN(CCO)CC(=O)c1ccc(F)cc1F. The van der Waals surface area contributed by atoms with Gasteiger partial charge < -0.3 is 5.11 Å². The molecule has 0 unspecified atom stereocenters. The van der Waals surface area contributed by atoms with Gasteiger partial charge in [-0.25, -0.2) is 8.78 Å². The molecule has 17 heavy (non-hydrogen) atoms. The fourth-order valence-electron chi connectivity index (χ4n) is 1.49. The van der Waals surface area contributed by atoms with Gasteiger partial charge in [-0.3, -0.25) is 9.69 Å². The molecule has 1 aromatic rings. The van der Waals surface area contributed by atoms with E-state index in [1.165, 1.54) is 0 Å². The number of Topliss-reactive ketones (excluding diaryl/α,β-unsaturated/α-hetero) is 1. The van der Waals surface area contributed by atoms with Crippen LogP contribution in [0.25, 0.3) is 0 Å². The number of halogens is 2. The van der Waals surface area contributed by atoms with Crippen molar-refractivity contribution in [2.45, 2.75) is 6.92 Å². The van der Waals surface area contributed by atoms with Gasteiger partial charge in [-0.05, 0) is 18.7 Å². The molecule has 0 aromatic heterocycles. The van der Waals surface area contributed by atoms with Crippen molar-refractivity contribution in [1.29, 1.82) is 0 Å². The highest BCUT2D eigenvalue weighted by Gasteiger charge is 2.15. The number of rotatable bonds is 6. The maximum atomic E-state index is 13.3. The molecule has 3 nitrogen and oxygen atoms in total. The van der Waals surface area contributed by atoms with Crippen LogP contribution in [0.1, 0.15) is 17.3 Å². The standard InChI is InChI=1S/C12H15F2NO2/c1-2-15(5-6-16)8-12(17)10-4-3-9(13)7-11(10)14/h3-4,7,16H,2,5-6,8H2,1H3. The zero-order chi connectivity index (χ0) is 12.8. The third-order valence-electron chi connectivity index (χ3n) is 2.46. The van der Waals surface area contributed by atoms with Crippen LogP contribution in [0.5, 0.6) is 0 Å². The molecule has 5 heteroatoms. The number of aliphatic hydroxyl groups excluding tert-OH is 1. The van der Waals surface area contributed by atoms with Crippen LogP contribution in [-0.4, -0.2) is 42.0 Å². The van der Waals surface area contributed by atoms with Gasteiger partial charge in [0.1, 0.15) is 11.6 Å². The van der Waals surface area contributed by atoms with Crippen LogP contribution >= 0.6 is 0 Å². The number of carbonyl (C=O) groups is 1. The smallest absolute Gasteiger partial charge is 0.179 e. The Labute approximate surface area is 98.7 Å². The van der Waals surface area contributed by atoms with E-state index in [-0.39, 0.29) is 18.7 Å². The Morgan fingerprint density at radius 3 is 2.65 bits per heavy atom. The number of ketones is 1. The minimum atomic E-state index is -0.852. The molecule has 0 fully saturated rings. The van der Waals surface area contributed by atoms with Gasteiger partial charge in [-0.15, -0.1) is 0 Å². The molecule has 0 bridgehead atoms. The van der Waals surface area contributed by atoms with Gasteiger partial charge in [0.05, 0.1) is 18.7 Å². The lowest BCUT2D eigenvalue weighted by atomic mass is 10.1. The molecule has 0 radical (unpaired) electrons. The minimum Gasteiger partial charge on any atom is -0.395 e. The fourth-order valence-corrected chi connectivity index (χ4v) is 1.49. The van der Waals surface area contributed by atoms with Crippen molar-refractivity contribution in [1.82, 2.24) is 4.90 Å². The molecule has 1 N–H and O–H groups in total. The Balaban J connectivity index is 2.75. The molecule has 0 saturated carbocycles. The third-order valence-corrected chi connectivity index (χ3v) is 2.46. The molecular weight excluding hydrogens is 228 g/mol. The Hall–Kier alpha value is -1.33. The topological polar surface area (TPSA) is 40.5 Å². The number of nitrogens with zero attached hydrogens (tertiary/aromatic N) is 1. The lowest BCUT2D eigenvalue weighted by molar-refractivity contribution is 0.0915. The summed E-state index contributed by atoms with van der Waals surface area (Å²) < 4.78 is 26.0. The summed E-state index contributed by atoms with van der Waals surface area (Å²) in [5.74, 6) is -1.98. The summed E-state index contributed by atoms with van der Waals surface area (Å²) >= 11 is 0. The molecule has 0 saturated heterocycles. The second kappa shape index (κ2) is 6.42. The quantitative estimate of drug-likeness (QED) is 0.769. The van der Waals surface area contributed by atoms with E-state index in [2.05, 4.69) is 0 Å². The summed E-state index contributed by atoms with van der Waals surface area (Å²) in [6.07, 6.45) is 0. The van der Waals surface area contributed by atoms with Crippen molar-refractivity contribution in [3.63, 3.8) is 0 Å². The van der Waals surface area contributed by atoms with Gasteiger partial charge in [0, 0.05) is 12.6 Å². The van der Waals surface area contributed by atoms with Crippen molar-refractivity contribution < 1.29 is 18.7 Å². The van der Waals surface area contributed by atoms with Gasteiger partial charge in [-0.2, -0.15) is 0 Å². The Morgan fingerprint density at radius 1 is 1.41 bits per heavy atom. The van der Waals surface area contributed by atoms with Crippen LogP contribution in [0.15, 0.2) is 18.2 Å². The average molecular weight is 243 g/mol. The Bertz CT molecular complexity index is 396. The van der Waals surface area contributed by atoms with Crippen molar-refractivity contribution in [3.05, 3.63) is 35.4 Å². The normalized spacial score (nSPS) is 10.9. The molecular formula is C12H15F2NO2. The van der Waals surface area contributed by atoms with Crippen LogP contribution in [0, 0.1) is 11.6 Å². The zero-order valence-corrected chi connectivity index (χ0v) is 9.62. The Morgan fingerprint density at radius 2 is 2.12 bits per heavy atom. The van der Waals surface area contributed by atoms with Gasteiger partial charge in [-0.1, -0.05) is 6.92 Å². The maximum Gasteiger partial charge on any atom is 0.179 e. The number of benzene rings is 1. The summed E-state index contributed by atoms with van der Waals surface area (Å²) in [5.41, 5.74) is -0.122. The lowest BCUT2D eigenvalue weighted by Gasteiger charge is -2.18. The van der Waals surface area contributed by atoms with E-state index in [1.54, 1.807) is 4.90 Å². The van der Waals surface area contributed by atoms with Crippen LogP contribution in [-0.2, 0) is 0 Å². The van der Waals surface area contributed by atoms with Gasteiger partial charge in [0.15, 0.2) is 5.78 Å². The lowest BCUT2D eigenvalue weighted by Crippen LogP contribution is -2.32. The maximum absolute atomic E-state index is 13.3. The van der Waals surface area contributed by atoms with E-state index in [4.69, 9.17) is 5.11 Å². The molecule has 0 amide bonds. The van der Waals surface area contributed by atoms with Crippen LogP contribution in [0.3, 0.4) is 0 Å². The second-order valence-corrected chi connectivity index (χ2v) is 3.64. The van der Waals surface area contributed by atoms with Crippen molar-refractivity contribution >= 4 is 5.78 Å². The van der Waals surface area contributed by atoms with Gasteiger partial charge >= 0.3 is 0 Å². The van der Waals surface area contributed by atoms with Crippen LogP contribution in [0.4, 0.5) is 8.78 Å². The molecule has 1 aromatic carbocycles. The minimum absolute atomic E-state index is 0.0135. The van der Waals surface area contributed by atoms with E-state index < -0.39 is 17.4 Å². The molecule has 0 atom stereocenters. The van der Waals surface area contributed by atoms with E-state index in [9.17, 15) is 13.6 Å². The first-order valence-electron chi connectivity index (χ1n) is 5.40.